The molecule has 0 unspecified atom stereocenters. The minimum Gasteiger partial charge on any atom is -0.439 e. The minimum atomic E-state index is 0.0357. The first-order chi connectivity index (χ1) is 17.6. The molecule has 6 heteroatoms. The Balaban J connectivity index is 1.21. The number of benzene rings is 3. The summed E-state index contributed by atoms with van der Waals surface area (Å²) in [7, 11) is 0. The van der Waals surface area contributed by atoms with Crippen molar-refractivity contribution in [1.82, 2.24) is 14.8 Å². The number of oxazole rings is 1. The summed E-state index contributed by atoms with van der Waals surface area (Å²) in [6.45, 7) is 8.48. The molecule has 1 saturated heterocycles. The number of hydrogen-bond donors (Lipinski definition) is 1. The maximum absolute atomic E-state index is 12.7. The predicted octanol–water partition coefficient (Wildman–Crippen LogP) is 5.38. The van der Waals surface area contributed by atoms with Gasteiger partial charge in [-0.05, 0) is 25.0 Å². The number of para-hydroxylation sites is 1. The second-order valence-corrected chi connectivity index (χ2v) is 9.38. The van der Waals surface area contributed by atoms with Crippen LogP contribution in [0.25, 0.3) is 22.6 Å². The maximum Gasteiger partial charge on any atom is 0.238 e. The number of nitrogens with zero attached hydrogens (tertiary/aromatic N) is 3. The van der Waals surface area contributed by atoms with Gasteiger partial charge in [-0.15, -0.1) is 0 Å². The number of hydrogen-bond acceptors (Lipinski definition) is 5. The van der Waals surface area contributed by atoms with E-state index in [-0.39, 0.29) is 5.91 Å². The second kappa shape index (κ2) is 10.9. The summed E-state index contributed by atoms with van der Waals surface area (Å²) >= 11 is 0. The van der Waals surface area contributed by atoms with Gasteiger partial charge in [0, 0.05) is 43.0 Å². The highest BCUT2D eigenvalue weighted by atomic mass is 16.4. The van der Waals surface area contributed by atoms with Crippen LogP contribution in [0.2, 0.25) is 0 Å². The number of aryl methyl sites for hydroxylation is 2. The summed E-state index contributed by atoms with van der Waals surface area (Å²) in [5.41, 5.74) is 6.04. The molecular weight excluding hydrogens is 448 g/mol. The van der Waals surface area contributed by atoms with Gasteiger partial charge in [-0.2, -0.15) is 0 Å². The number of piperazine rings is 1. The van der Waals surface area contributed by atoms with E-state index in [2.05, 4.69) is 39.4 Å². The molecule has 0 aliphatic carbocycles. The zero-order valence-electron chi connectivity index (χ0n) is 20.9. The van der Waals surface area contributed by atoms with Crippen molar-refractivity contribution in [3.63, 3.8) is 0 Å². The largest absolute Gasteiger partial charge is 0.439 e. The molecule has 1 N–H and O–H groups in total. The van der Waals surface area contributed by atoms with Crippen molar-refractivity contribution in [2.75, 3.05) is 38.0 Å². The van der Waals surface area contributed by atoms with E-state index in [1.807, 2.05) is 68.4 Å². The van der Waals surface area contributed by atoms with Crippen LogP contribution in [0, 0.1) is 13.8 Å². The van der Waals surface area contributed by atoms with Gasteiger partial charge in [-0.1, -0.05) is 78.9 Å². The van der Waals surface area contributed by atoms with Crippen LogP contribution in [0.5, 0.6) is 0 Å². The van der Waals surface area contributed by atoms with Gasteiger partial charge in [0.15, 0.2) is 5.76 Å². The Hall–Kier alpha value is -3.74. The van der Waals surface area contributed by atoms with Crippen molar-refractivity contribution in [1.29, 1.82) is 0 Å². The second-order valence-electron chi connectivity index (χ2n) is 9.38. The molecule has 1 fully saturated rings. The molecule has 3 aromatic carbocycles. The molecule has 2 heterocycles. The monoisotopic (exact) mass is 480 g/mol. The Morgan fingerprint density at radius 3 is 2.03 bits per heavy atom. The Bertz CT molecular complexity index is 1230. The number of amides is 1. The molecule has 1 aliphatic rings. The lowest BCUT2D eigenvalue weighted by Crippen LogP contribution is -2.48. The van der Waals surface area contributed by atoms with Crippen molar-refractivity contribution in [3.05, 3.63) is 95.9 Å². The highest BCUT2D eigenvalue weighted by Crippen LogP contribution is 2.33. The van der Waals surface area contributed by atoms with Gasteiger partial charge >= 0.3 is 0 Å². The lowest BCUT2D eigenvalue weighted by atomic mass is 10.1. The van der Waals surface area contributed by atoms with E-state index in [4.69, 9.17) is 9.40 Å². The number of carbonyl (C=O) groups is 1. The third kappa shape index (κ3) is 5.56. The topological polar surface area (TPSA) is 61.6 Å². The van der Waals surface area contributed by atoms with Gasteiger partial charge in [0.1, 0.15) is 5.69 Å². The van der Waals surface area contributed by atoms with Crippen molar-refractivity contribution < 1.29 is 9.21 Å². The summed E-state index contributed by atoms with van der Waals surface area (Å²) < 4.78 is 6.31. The summed E-state index contributed by atoms with van der Waals surface area (Å²) in [6, 6.07) is 26.4. The fraction of sp³-hybridized carbons (Fsp3) is 0.267. The number of nitrogens with one attached hydrogen (secondary N) is 1. The van der Waals surface area contributed by atoms with Crippen LogP contribution in [0.15, 0.2) is 83.3 Å². The maximum atomic E-state index is 12.7. The molecular formula is C30H32N4O2. The molecule has 36 heavy (non-hydrogen) atoms. The molecule has 184 valence electrons. The average molecular weight is 481 g/mol. The fourth-order valence-electron chi connectivity index (χ4n) is 4.70. The Morgan fingerprint density at radius 2 is 1.39 bits per heavy atom. The van der Waals surface area contributed by atoms with E-state index in [1.165, 1.54) is 0 Å². The molecule has 0 radical (unpaired) electrons. The number of rotatable bonds is 7. The van der Waals surface area contributed by atoms with Crippen LogP contribution < -0.4 is 5.32 Å². The zero-order valence-corrected chi connectivity index (χ0v) is 20.9. The molecule has 0 atom stereocenters. The van der Waals surface area contributed by atoms with Crippen molar-refractivity contribution in [3.8, 4) is 22.6 Å². The van der Waals surface area contributed by atoms with Crippen LogP contribution in [0.1, 0.15) is 17.0 Å². The Morgan fingerprint density at radius 1 is 0.806 bits per heavy atom. The lowest BCUT2D eigenvalue weighted by molar-refractivity contribution is -0.117. The fourth-order valence-corrected chi connectivity index (χ4v) is 4.70. The van der Waals surface area contributed by atoms with Crippen molar-refractivity contribution in [2.24, 2.45) is 0 Å². The first-order valence-electron chi connectivity index (χ1n) is 12.5. The summed E-state index contributed by atoms with van der Waals surface area (Å²) in [6.07, 6.45) is 0. The standard InChI is InChI=1S/C30H32N4O2/c1-22-10-9-11-23(2)28(22)31-26(35)20-33-16-18-34(19-17-33)21-27-32-29(24-12-5-3-6-13-24)30(36-27)25-14-7-4-8-15-25/h3-15H,16-21H2,1-2H3,(H,31,35). The smallest absolute Gasteiger partial charge is 0.238 e. The molecule has 5 rings (SSSR count). The first-order valence-corrected chi connectivity index (χ1v) is 12.5. The molecule has 1 aromatic heterocycles. The van der Waals surface area contributed by atoms with Gasteiger partial charge in [-0.3, -0.25) is 14.6 Å². The number of aromatic nitrogens is 1. The van der Waals surface area contributed by atoms with Crippen LogP contribution in [-0.2, 0) is 11.3 Å². The minimum absolute atomic E-state index is 0.0357. The molecule has 1 aliphatic heterocycles. The molecule has 6 nitrogen and oxygen atoms in total. The molecule has 0 spiro atoms. The van der Waals surface area contributed by atoms with E-state index in [0.717, 1.165) is 65.6 Å². The number of anilines is 1. The van der Waals surface area contributed by atoms with Crippen molar-refractivity contribution >= 4 is 11.6 Å². The molecule has 1 amide bonds. The summed E-state index contributed by atoms with van der Waals surface area (Å²) in [5.74, 6) is 1.56. The number of carbonyl (C=O) groups excluding carboxylic acids is 1. The SMILES string of the molecule is Cc1cccc(C)c1NC(=O)CN1CCN(Cc2nc(-c3ccccc3)c(-c3ccccc3)o2)CC1. The third-order valence-corrected chi connectivity index (χ3v) is 6.69. The van der Waals surface area contributed by atoms with E-state index in [9.17, 15) is 4.79 Å². The Kier molecular flexibility index (Phi) is 7.26. The van der Waals surface area contributed by atoms with E-state index >= 15 is 0 Å². The van der Waals surface area contributed by atoms with Gasteiger partial charge in [0.25, 0.3) is 0 Å². The highest BCUT2D eigenvalue weighted by molar-refractivity contribution is 5.93. The van der Waals surface area contributed by atoms with Crippen LogP contribution in [0.3, 0.4) is 0 Å². The summed E-state index contributed by atoms with van der Waals surface area (Å²) in [4.78, 5) is 22.1. The van der Waals surface area contributed by atoms with Gasteiger partial charge < -0.3 is 9.73 Å². The first kappa shape index (κ1) is 24.0. The predicted molar refractivity (Wildman–Crippen MR) is 144 cm³/mol. The van der Waals surface area contributed by atoms with E-state index < -0.39 is 0 Å². The third-order valence-electron chi connectivity index (χ3n) is 6.69. The lowest BCUT2D eigenvalue weighted by Gasteiger charge is -2.33. The zero-order chi connectivity index (χ0) is 24.9. The summed E-state index contributed by atoms with van der Waals surface area (Å²) in [5, 5.41) is 3.10. The molecule has 0 bridgehead atoms. The normalized spacial score (nSPS) is 14.6. The van der Waals surface area contributed by atoms with Gasteiger partial charge in [0.2, 0.25) is 11.8 Å². The quantitative estimate of drug-likeness (QED) is 0.385. The van der Waals surface area contributed by atoms with Gasteiger partial charge in [0.05, 0.1) is 13.1 Å². The van der Waals surface area contributed by atoms with Crippen LogP contribution in [-0.4, -0.2) is 53.4 Å². The van der Waals surface area contributed by atoms with Crippen LogP contribution in [0.4, 0.5) is 5.69 Å². The molecule has 0 saturated carbocycles. The average Bonchev–Trinajstić information content (AvgIpc) is 3.32. The van der Waals surface area contributed by atoms with Crippen molar-refractivity contribution in [2.45, 2.75) is 20.4 Å². The Labute approximate surface area is 212 Å². The van der Waals surface area contributed by atoms with Gasteiger partial charge in [-0.25, -0.2) is 4.98 Å². The van der Waals surface area contributed by atoms with E-state index in [1.54, 1.807) is 0 Å². The van der Waals surface area contributed by atoms with E-state index in [0.29, 0.717) is 19.0 Å². The van der Waals surface area contributed by atoms with Crippen LogP contribution >= 0.6 is 0 Å². The highest BCUT2D eigenvalue weighted by Gasteiger charge is 2.23. The molecule has 4 aromatic rings.